The summed E-state index contributed by atoms with van der Waals surface area (Å²) in [5.41, 5.74) is 4.33. The summed E-state index contributed by atoms with van der Waals surface area (Å²) in [6.45, 7) is 13.0. The maximum absolute atomic E-state index is 4.14. The monoisotopic (exact) mass is 233 g/mol. The van der Waals surface area contributed by atoms with E-state index in [-0.39, 0.29) is 0 Å². The molecule has 0 aromatic carbocycles. The highest BCUT2D eigenvalue weighted by Crippen LogP contribution is 2.24. The van der Waals surface area contributed by atoms with Crippen LogP contribution in [0.15, 0.2) is 35.6 Å². The second-order valence-electron chi connectivity index (χ2n) is 5.63. The molecule has 0 bridgehead atoms. The van der Waals surface area contributed by atoms with Gasteiger partial charge in [-0.25, -0.2) is 0 Å². The van der Waals surface area contributed by atoms with Crippen molar-refractivity contribution >= 4 is 0 Å². The molecular formula is C16H27N. The first kappa shape index (κ1) is 14.1. The average Bonchev–Trinajstić information content (AvgIpc) is 2.26. The quantitative estimate of drug-likeness (QED) is 0.662. The lowest BCUT2D eigenvalue weighted by molar-refractivity contribution is 0.628. The first-order chi connectivity index (χ1) is 7.99. The van der Waals surface area contributed by atoms with E-state index in [0.717, 1.165) is 12.8 Å². The topological polar surface area (TPSA) is 12.0 Å². The largest absolute Gasteiger partial charge is 0.386 e. The van der Waals surface area contributed by atoms with E-state index in [4.69, 9.17) is 0 Å². The van der Waals surface area contributed by atoms with E-state index in [9.17, 15) is 0 Å². The van der Waals surface area contributed by atoms with Gasteiger partial charge in [0, 0.05) is 11.7 Å². The Morgan fingerprint density at radius 1 is 1.24 bits per heavy atom. The summed E-state index contributed by atoms with van der Waals surface area (Å²) < 4.78 is 0. The molecule has 0 atom stereocenters. The Bertz CT molecular complexity index is 318. The fraction of sp³-hybridized carbons (Fsp3) is 0.625. The SMILES string of the molecule is C=C(CCC1=CC=C(NC(C)C)CC1)C(C)C. The van der Waals surface area contributed by atoms with Crippen molar-refractivity contribution in [3.8, 4) is 0 Å². The summed E-state index contributed by atoms with van der Waals surface area (Å²) in [4.78, 5) is 0. The summed E-state index contributed by atoms with van der Waals surface area (Å²) >= 11 is 0. The normalized spacial score (nSPS) is 15.9. The molecule has 0 aromatic rings. The van der Waals surface area contributed by atoms with Crippen LogP contribution in [0, 0.1) is 5.92 Å². The van der Waals surface area contributed by atoms with Crippen molar-refractivity contribution in [3.63, 3.8) is 0 Å². The Hall–Kier alpha value is -0.980. The molecule has 0 aromatic heterocycles. The first-order valence-corrected chi connectivity index (χ1v) is 6.82. The van der Waals surface area contributed by atoms with Crippen LogP contribution in [0.4, 0.5) is 0 Å². The van der Waals surface area contributed by atoms with Gasteiger partial charge in [-0.2, -0.15) is 0 Å². The summed E-state index contributed by atoms with van der Waals surface area (Å²) in [5, 5.41) is 3.48. The van der Waals surface area contributed by atoms with Crippen molar-refractivity contribution in [2.24, 2.45) is 5.92 Å². The van der Waals surface area contributed by atoms with E-state index >= 15 is 0 Å². The Kier molecular flexibility index (Phi) is 5.54. The van der Waals surface area contributed by atoms with Crippen LogP contribution < -0.4 is 5.32 Å². The lowest BCUT2D eigenvalue weighted by atomic mass is 9.93. The van der Waals surface area contributed by atoms with Crippen LogP contribution in [0.5, 0.6) is 0 Å². The van der Waals surface area contributed by atoms with Gasteiger partial charge in [-0.05, 0) is 51.5 Å². The molecule has 1 aliphatic carbocycles. The lowest BCUT2D eigenvalue weighted by Crippen LogP contribution is -2.22. The molecule has 96 valence electrons. The van der Waals surface area contributed by atoms with Gasteiger partial charge >= 0.3 is 0 Å². The molecule has 0 saturated heterocycles. The molecule has 0 spiro atoms. The van der Waals surface area contributed by atoms with Crippen LogP contribution in [0.1, 0.15) is 53.4 Å². The fourth-order valence-electron chi connectivity index (χ4n) is 1.99. The highest BCUT2D eigenvalue weighted by molar-refractivity contribution is 5.24. The molecule has 0 radical (unpaired) electrons. The third kappa shape index (κ3) is 5.25. The highest BCUT2D eigenvalue weighted by Gasteiger charge is 2.08. The number of nitrogens with one attached hydrogen (secondary N) is 1. The van der Waals surface area contributed by atoms with Gasteiger partial charge in [0.15, 0.2) is 0 Å². The highest BCUT2D eigenvalue weighted by atomic mass is 14.9. The van der Waals surface area contributed by atoms with E-state index in [1.54, 1.807) is 5.57 Å². The van der Waals surface area contributed by atoms with Crippen molar-refractivity contribution in [3.05, 3.63) is 35.6 Å². The van der Waals surface area contributed by atoms with E-state index < -0.39 is 0 Å². The van der Waals surface area contributed by atoms with Crippen LogP contribution in [-0.2, 0) is 0 Å². The second-order valence-corrected chi connectivity index (χ2v) is 5.63. The predicted octanol–water partition coefficient (Wildman–Crippen LogP) is 4.58. The van der Waals surface area contributed by atoms with Crippen molar-refractivity contribution in [2.45, 2.75) is 59.4 Å². The van der Waals surface area contributed by atoms with Crippen LogP contribution in [0.25, 0.3) is 0 Å². The molecule has 0 saturated carbocycles. The number of hydrogen-bond donors (Lipinski definition) is 1. The molecule has 1 N–H and O–H groups in total. The zero-order valence-electron chi connectivity index (χ0n) is 11.8. The third-order valence-corrected chi connectivity index (χ3v) is 3.29. The molecule has 1 rings (SSSR count). The maximum atomic E-state index is 4.14. The summed E-state index contributed by atoms with van der Waals surface area (Å²) in [6, 6.07) is 0.539. The molecule has 1 aliphatic rings. The molecule has 0 unspecified atom stereocenters. The first-order valence-electron chi connectivity index (χ1n) is 6.82. The third-order valence-electron chi connectivity index (χ3n) is 3.29. The van der Waals surface area contributed by atoms with Gasteiger partial charge in [0.25, 0.3) is 0 Å². The number of hydrogen-bond acceptors (Lipinski definition) is 1. The van der Waals surface area contributed by atoms with E-state index in [2.05, 4.69) is 51.7 Å². The molecule has 0 fully saturated rings. The fourth-order valence-corrected chi connectivity index (χ4v) is 1.99. The van der Waals surface area contributed by atoms with E-state index in [0.29, 0.717) is 12.0 Å². The van der Waals surface area contributed by atoms with E-state index in [1.807, 2.05) is 0 Å². The van der Waals surface area contributed by atoms with Gasteiger partial charge in [-0.15, -0.1) is 0 Å². The van der Waals surface area contributed by atoms with Crippen LogP contribution in [0.3, 0.4) is 0 Å². The van der Waals surface area contributed by atoms with Gasteiger partial charge in [-0.3, -0.25) is 0 Å². The van der Waals surface area contributed by atoms with Gasteiger partial charge in [0.1, 0.15) is 0 Å². The minimum atomic E-state index is 0.539. The van der Waals surface area contributed by atoms with Crippen LogP contribution >= 0.6 is 0 Å². The summed E-state index contributed by atoms with van der Waals surface area (Å²) in [6.07, 6.45) is 9.24. The van der Waals surface area contributed by atoms with Crippen molar-refractivity contribution in [2.75, 3.05) is 0 Å². The average molecular weight is 233 g/mol. The summed E-state index contributed by atoms with van der Waals surface area (Å²) in [5.74, 6) is 0.618. The molecular weight excluding hydrogens is 206 g/mol. The van der Waals surface area contributed by atoms with Gasteiger partial charge < -0.3 is 5.32 Å². The Balaban J connectivity index is 2.40. The lowest BCUT2D eigenvalue weighted by Gasteiger charge is -2.19. The standard InChI is InChI=1S/C16H27N/c1-12(2)14(5)6-7-15-8-10-16(11-9-15)17-13(3)4/h8,10,12-13,17H,5-7,9,11H2,1-4H3. The molecule has 1 nitrogen and oxygen atoms in total. The number of allylic oxidation sites excluding steroid dienone is 5. The minimum Gasteiger partial charge on any atom is -0.386 e. The van der Waals surface area contributed by atoms with Crippen LogP contribution in [0.2, 0.25) is 0 Å². The van der Waals surface area contributed by atoms with E-state index in [1.165, 1.54) is 24.1 Å². The smallest absolute Gasteiger partial charge is 0.0201 e. The molecule has 17 heavy (non-hydrogen) atoms. The Morgan fingerprint density at radius 3 is 2.41 bits per heavy atom. The molecule has 1 heteroatoms. The predicted molar refractivity (Wildman–Crippen MR) is 76.9 cm³/mol. The zero-order chi connectivity index (χ0) is 12.8. The molecule has 0 heterocycles. The zero-order valence-corrected chi connectivity index (χ0v) is 11.8. The van der Waals surface area contributed by atoms with Crippen molar-refractivity contribution in [1.82, 2.24) is 5.32 Å². The summed E-state index contributed by atoms with van der Waals surface area (Å²) in [7, 11) is 0. The Labute approximate surface area is 107 Å². The van der Waals surface area contributed by atoms with Gasteiger partial charge in [0.2, 0.25) is 0 Å². The van der Waals surface area contributed by atoms with Gasteiger partial charge in [0.05, 0.1) is 0 Å². The molecule has 0 aliphatic heterocycles. The van der Waals surface area contributed by atoms with Crippen molar-refractivity contribution < 1.29 is 0 Å². The van der Waals surface area contributed by atoms with Crippen LogP contribution in [-0.4, -0.2) is 6.04 Å². The van der Waals surface area contributed by atoms with Gasteiger partial charge in [-0.1, -0.05) is 37.6 Å². The Morgan fingerprint density at radius 2 is 1.94 bits per heavy atom. The minimum absolute atomic E-state index is 0.539. The number of rotatable bonds is 6. The maximum Gasteiger partial charge on any atom is 0.0201 e. The second kappa shape index (κ2) is 6.68. The molecule has 0 amide bonds. The van der Waals surface area contributed by atoms with Crippen molar-refractivity contribution in [1.29, 1.82) is 0 Å².